The first-order valence-corrected chi connectivity index (χ1v) is 34.7. The zero-order valence-electron chi connectivity index (χ0n) is 61.8. The van der Waals surface area contributed by atoms with Crippen LogP contribution in [0.5, 0.6) is 0 Å². The lowest BCUT2D eigenvalue weighted by Gasteiger charge is -2.41. The minimum absolute atomic E-state index is 0.0511. The number of allylic oxidation sites excluding steroid dienone is 1. The molecular weight excluding hydrogens is 1240 g/mol. The molecule has 95 heavy (non-hydrogen) atoms. The lowest BCUT2D eigenvalue weighted by molar-refractivity contribution is -0.168. The van der Waals surface area contributed by atoms with Crippen LogP contribution >= 0.6 is 11.3 Å². The summed E-state index contributed by atoms with van der Waals surface area (Å²) in [6.45, 7) is 28.3. The summed E-state index contributed by atoms with van der Waals surface area (Å²) in [5.74, 6) is -10.5. The van der Waals surface area contributed by atoms with Crippen LogP contribution in [0, 0.1) is 41.4 Å². The van der Waals surface area contributed by atoms with Crippen LogP contribution in [0.15, 0.2) is 23.6 Å². The van der Waals surface area contributed by atoms with E-state index in [4.69, 9.17) is 4.74 Å². The topological polar surface area (TPSA) is 291 Å². The predicted molar refractivity (Wildman–Crippen MR) is 370 cm³/mol. The van der Waals surface area contributed by atoms with E-state index in [1.54, 1.807) is 60.5 Å². The van der Waals surface area contributed by atoms with Gasteiger partial charge in [-0.05, 0) is 125 Å². The molecule has 1 fully saturated rings. The van der Waals surface area contributed by atoms with E-state index in [9.17, 15) is 29.1 Å². The van der Waals surface area contributed by atoms with Gasteiger partial charge < -0.3 is 70.3 Å². The zero-order chi connectivity index (χ0) is 73.0. The first-order chi connectivity index (χ1) is 44.0. The lowest BCUT2D eigenvalue weighted by atomic mass is 9.91. The third-order valence-electron chi connectivity index (χ3n) is 17.6. The summed E-state index contributed by atoms with van der Waals surface area (Å²) >= 11 is 1.51. The van der Waals surface area contributed by atoms with Gasteiger partial charge in [-0.3, -0.25) is 52.7 Å². The van der Waals surface area contributed by atoms with Crippen LogP contribution in [0.25, 0.3) is 6.08 Å². The van der Waals surface area contributed by atoms with Gasteiger partial charge in [0, 0.05) is 60.8 Å². The lowest BCUT2D eigenvalue weighted by Crippen LogP contribution is -2.64. The van der Waals surface area contributed by atoms with E-state index in [2.05, 4.69) is 21.3 Å². The fraction of sp³-hybridized carbons (Fsp3) is 0.754. The monoisotopic (exact) mass is 1360 g/mol. The number of aliphatic hydroxyl groups is 1. The number of likely N-dealkylation sites (N-methyl/N-ethyl adjacent to an activating group) is 8. The average molecular weight is 1360 g/mol. The van der Waals surface area contributed by atoms with Crippen molar-refractivity contribution in [3.8, 4) is 0 Å². The highest BCUT2D eigenvalue weighted by Crippen LogP contribution is 2.27. The summed E-state index contributed by atoms with van der Waals surface area (Å²) in [6.07, 6.45) is 1.17. The summed E-state index contributed by atoms with van der Waals surface area (Å²) in [6, 6.07) is -9.04. The van der Waals surface area contributed by atoms with Crippen LogP contribution in [0.1, 0.15) is 154 Å². The van der Waals surface area contributed by atoms with E-state index in [0.717, 1.165) is 14.7 Å². The molecule has 0 radical (unpaired) electrons. The number of ether oxygens (including phenoxy) is 1. The highest BCUT2D eigenvalue weighted by atomic mass is 32.1. The third kappa shape index (κ3) is 24.2. The zero-order valence-corrected chi connectivity index (χ0v) is 62.7. The smallest absolute Gasteiger partial charge is 0.273 e. The number of carbonyl (C=O) groups excluding carboxylic acids is 11. The summed E-state index contributed by atoms with van der Waals surface area (Å²) in [7, 11) is 13.4. The van der Waals surface area contributed by atoms with Gasteiger partial charge in [0.15, 0.2) is 0 Å². The molecule has 11 amide bonds. The van der Waals surface area contributed by atoms with E-state index < -0.39 is 155 Å². The Kier molecular flexibility index (Phi) is 34.8. The maximum atomic E-state index is 15.5. The quantitative estimate of drug-likeness (QED) is 0.121. The van der Waals surface area contributed by atoms with Crippen LogP contribution in [0.3, 0.4) is 0 Å². The van der Waals surface area contributed by atoms with Crippen molar-refractivity contribution in [3.63, 3.8) is 0 Å². The Balaban J connectivity index is 3.12. The predicted octanol–water partition coefficient (Wildman–Crippen LogP) is 4.37. The van der Waals surface area contributed by atoms with Gasteiger partial charge >= 0.3 is 0 Å². The number of amides is 11. The van der Waals surface area contributed by atoms with Crippen molar-refractivity contribution < 1.29 is 62.6 Å². The fourth-order valence-electron chi connectivity index (χ4n) is 11.7. The standard InChI is InChI=1S/C69H120N12O13S/c1-26-49-63(88)81(25)69(94-33-32-74(17)18)68(93)76(20)51(36-40(4)5)60(85)73-54(43(10)11)66(91)75(19)50(35-39(2)3)59(84)70-46(15)58(83)71-47(16)62(87)77(21)52(37-41(6)7)64(89)78(22)53(38-42(8)9)65(90)79(23)55(44(12)13)67(92)80(24)56(61(86)72-49)57(82)45(14)29-27-30-48-31-28-34-95-48/h27-28,30-31,34,39-47,49-57,69,82H,26,29,32-33,35-38H2,1-25H3,(H,70,84)(H,71,83)(H,72,86)(H,73,85)/b30-27+/t45-,46+,47-,49+,50+,51+,52+,53+,54+,55+,56+,57-,69?/m1/s1. The fourth-order valence-corrected chi connectivity index (χ4v) is 12.3. The van der Waals surface area contributed by atoms with E-state index >= 15 is 28.8 Å². The maximum absolute atomic E-state index is 15.5. The third-order valence-corrected chi connectivity index (χ3v) is 18.4. The molecule has 2 heterocycles. The van der Waals surface area contributed by atoms with Crippen LogP contribution in [0.2, 0.25) is 0 Å². The van der Waals surface area contributed by atoms with Crippen molar-refractivity contribution in [2.45, 2.75) is 222 Å². The largest absolute Gasteiger partial charge is 0.390 e. The minimum Gasteiger partial charge on any atom is -0.390 e. The molecule has 0 saturated carbocycles. The molecule has 0 aliphatic carbocycles. The van der Waals surface area contributed by atoms with Crippen molar-refractivity contribution in [1.82, 2.24) is 60.5 Å². The molecule has 1 saturated heterocycles. The summed E-state index contributed by atoms with van der Waals surface area (Å²) in [4.78, 5) is 175. The molecule has 1 aliphatic heterocycles. The van der Waals surface area contributed by atoms with Crippen molar-refractivity contribution in [2.75, 3.05) is 76.6 Å². The molecule has 5 N–H and O–H groups in total. The van der Waals surface area contributed by atoms with Crippen molar-refractivity contribution in [3.05, 3.63) is 28.5 Å². The Labute approximate surface area is 571 Å². The van der Waals surface area contributed by atoms with Gasteiger partial charge in [0.1, 0.15) is 60.4 Å². The minimum atomic E-state index is -1.69. The van der Waals surface area contributed by atoms with Crippen LogP contribution in [0.4, 0.5) is 0 Å². The van der Waals surface area contributed by atoms with Gasteiger partial charge in [0.25, 0.3) is 5.91 Å². The van der Waals surface area contributed by atoms with Gasteiger partial charge in [-0.1, -0.05) is 109 Å². The molecule has 13 atom stereocenters. The Bertz CT molecular complexity index is 2740. The first kappa shape index (κ1) is 84.6. The summed E-state index contributed by atoms with van der Waals surface area (Å²) in [5, 5.41) is 25.5. The number of nitrogens with one attached hydrogen (secondary N) is 4. The van der Waals surface area contributed by atoms with Gasteiger partial charge in [0.05, 0.1) is 12.7 Å². The number of rotatable bonds is 20. The van der Waals surface area contributed by atoms with Gasteiger partial charge in [-0.25, -0.2) is 0 Å². The molecular formula is C69H120N12O13S. The maximum Gasteiger partial charge on any atom is 0.273 e. The second-order valence-corrected chi connectivity index (χ2v) is 29.6. The van der Waals surface area contributed by atoms with Gasteiger partial charge in [0.2, 0.25) is 65.3 Å². The number of hydrogen-bond acceptors (Lipinski definition) is 15. The first-order valence-electron chi connectivity index (χ1n) is 33.8. The van der Waals surface area contributed by atoms with Crippen LogP contribution in [-0.2, 0) is 57.5 Å². The highest BCUT2D eigenvalue weighted by Gasteiger charge is 2.46. The van der Waals surface area contributed by atoms with Crippen LogP contribution < -0.4 is 21.3 Å². The van der Waals surface area contributed by atoms with Gasteiger partial charge in [-0.2, -0.15) is 0 Å². The van der Waals surface area contributed by atoms with E-state index in [0.29, 0.717) is 6.54 Å². The normalized spacial score (nSPS) is 26.2. The molecule has 0 bridgehead atoms. The van der Waals surface area contributed by atoms with Crippen molar-refractivity contribution in [2.24, 2.45) is 41.4 Å². The number of hydrogen-bond donors (Lipinski definition) is 5. The van der Waals surface area contributed by atoms with Crippen molar-refractivity contribution >= 4 is 82.4 Å². The molecule has 2 rings (SSSR count). The molecule has 26 heteroatoms. The molecule has 1 aromatic rings. The number of nitrogens with zero attached hydrogens (tertiary/aromatic N) is 8. The Morgan fingerprint density at radius 2 is 0.968 bits per heavy atom. The highest BCUT2D eigenvalue weighted by molar-refractivity contribution is 7.10. The second kappa shape index (κ2) is 39.0. The second-order valence-electron chi connectivity index (χ2n) is 28.7. The Morgan fingerprint density at radius 1 is 0.516 bits per heavy atom. The molecule has 1 unspecified atom stereocenters. The molecule has 0 spiro atoms. The SMILES string of the molecule is CC[C@@H]1NC(=O)[C@H]([C@H](O)[C@H](C)C/C=C/c2cccs2)N(C)C(=O)[C@H](C(C)C)N(C)C(=O)[C@H](CC(C)C)N(C)C(=O)[C@H](CC(C)C)N(C)C(=O)[C@@H](C)NC(=O)[C@H](C)NC(=O)[C@H](CC(C)C)N(C)C(=O)[C@H](C(C)C)NC(=O)[C@H](CC(C)C)N(C)C(=O)C(OCCN(C)C)N(C)C1=O. The van der Waals surface area contributed by atoms with Crippen LogP contribution in [-0.4, -0.2) is 259 Å². The summed E-state index contributed by atoms with van der Waals surface area (Å²) < 4.78 is 6.26. The molecule has 1 aliphatic rings. The Morgan fingerprint density at radius 3 is 1.43 bits per heavy atom. The molecule has 540 valence electrons. The number of carbonyl (C=O) groups is 11. The molecule has 1 aromatic heterocycles. The van der Waals surface area contributed by atoms with Crippen molar-refractivity contribution in [1.29, 1.82) is 0 Å². The van der Waals surface area contributed by atoms with E-state index in [-0.39, 0.29) is 68.8 Å². The van der Waals surface area contributed by atoms with E-state index in [1.165, 1.54) is 99.0 Å². The molecule has 25 nitrogen and oxygen atoms in total. The Hall–Kier alpha value is -6.51. The summed E-state index contributed by atoms with van der Waals surface area (Å²) in [5.41, 5.74) is 0. The van der Waals surface area contributed by atoms with E-state index in [1.807, 2.05) is 85.1 Å². The number of aliphatic hydroxyl groups excluding tert-OH is 1. The average Bonchev–Trinajstić information content (AvgIpc) is 1.44. The number of thiophene rings is 1. The molecule has 0 aromatic carbocycles. The van der Waals surface area contributed by atoms with Gasteiger partial charge in [-0.15, -0.1) is 11.3 Å².